The second-order valence-electron chi connectivity index (χ2n) is 5.52. The summed E-state index contributed by atoms with van der Waals surface area (Å²) in [5.41, 5.74) is 7.34. The number of hydrogen-bond donors (Lipinski definition) is 3. The summed E-state index contributed by atoms with van der Waals surface area (Å²) in [6.45, 7) is 7.24. The lowest BCUT2D eigenvalue weighted by Gasteiger charge is -2.20. The number of rotatable bonds is 8. The summed E-state index contributed by atoms with van der Waals surface area (Å²) < 4.78 is 4.87. The monoisotopic (exact) mass is 372 g/mol. The molecule has 0 saturated heterocycles. The van der Waals surface area contributed by atoms with Gasteiger partial charge in [0.1, 0.15) is 6.04 Å². The van der Waals surface area contributed by atoms with Gasteiger partial charge in [0, 0.05) is 25.9 Å². The second-order valence-corrected chi connectivity index (χ2v) is 5.52. The Bertz CT molecular complexity index is 535. The molecule has 2 atom stereocenters. The van der Waals surface area contributed by atoms with Gasteiger partial charge in [0.2, 0.25) is 5.91 Å². The van der Waals surface area contributed by atoms with Gasteiger partial charge in [-0.25, -0.2) is 4.79 Å². The van der Waals surface area contributed by atoms with Crippen molar-refractivity contribution in [1.29, 1.82) is 0 Å². The van der Waals surface area contributed by atoms with Crippen molar-refractivity contribution in [2.24, 2.45) is 5.73 Å². The number of ether oxygens (including phenoxy) is 1. The van der Waals surface area contributed by atoms with Crippen LogP contribution in [0.15, 0.2) is 24.3 Å². The van der Waals surface area contributed by atoms with Crippen LogP contribution < -0.4 is 16.4 Å². The zero-order valence-corrected chi connectivity index (χ0v) is 16.1. The van der Waals surface area contributed by atoms with Crippen LogP contribution in [0, 0.1) is 0 Å². The lowest BCUT2D eigenvalue weighted by Crippen LogP contribution is -2.44. The first kappa shape index (κ1) is 23.2. The summed E-state index contributed by atoms with van der Waals surface area (Å²) in [6, 6.07) is 6.36. The maximum absolute atomic E-state index is 12.0. The van der Waals surface area contributed by atoms with E-state index in [1.54, 1.807) is 4.90 Å². The summed E-state index contributed by atoms with van der Waals surface area (Å²) >= 11 is 0. The number of amides is 3. The highest BCUT2D eigenvalue weighted by Gasteiger charge is 2.16. The van der Waals surface area contributed by atoms with E-state index in [9.17, 15) is 9.59 Å². The number of halogens is 1. The van der Waals surface area contributed by atoms with Crippen LogP contribution in [0.3, 0.4) is 0 Å². The quantitative estimate of drug-likeness (QED) is 0.651. The van der Waals surface area contributed by atoms with Gasteiger partial charge in [-0.2, -0.15) is 0 Å². The summed E-state index contributed by atoms with van der Waals surface area (Å²) in [6.07, 6.45) is 0. The Kier molecular flexibility index (Phi) is 10.8. The van der Waals surface area contributed by atoms with Crippen LogP contribution in [0.2, 0.25) is 0 Å². The summed E-state index contributed by atoms with van der Waals surface area (Å²) in [7, 11) is 1.50. The number of benzene rings is 1. The fraction of sp³-hybridized carbons (Fsp3) is 0.529. The fourth-order valence-electron chi connectivity index (χ4n) is 2.23. The normalized spacial score (nSPS) is 12.5. The lowest BCUT2D eigenvalue weighted by molar-refractivity contribution is -0.124. The topological polar surface area (TPSA) is 96.7 Å². The number of nitrogens with two attached hydrogens (primary N) is 1. The molecule has 0 radical (unpaired) electrons. The first-order chi connectivity index (χ1) is 11.4. The van der Waals surface area contributed by atoms with Crippen molar-refractivity contribution >= 4 is 30.0 Å². The highest BCUT2D eigenvalue weighted by molar-refractivity contribution is 5.89. The molecular weight excluding hydrogens is 344 g/mol. The molecule has 0 fully saturated rings. The first-order valence-corrected chi connectivity index (χ1v) is 8.13. The van der Waals surface area contributed by atoms with Crippen LogP contribution in [-0.2, 0) is 9.53 Å². The molecule has 2 unspecified atom stereocenters. The van der Waals surface area contributed by atoms with Crippen molar-refractivity contribution in [2.75, 3.05) is 32.1 Å². The molecule has 3 amide bonds. The molecule has 0 heterocycles. The number of carbonyl (C=O) groups is 2. The average molecular weight is 373 g/mol. The molecule has 1 aromatic carbocycles. The molecule has 0 spiro atoms. The van der Waals surface area contributed by atoms with Gasteiger partial charge in [0.25, 0.3) is 0 Å². The number of nitrogens with one attached hydrogen (secondary N) is 2. The van der Waals surface area contributed by atoms with Crippen molar-refractivity contribution in [3.63, 3.8) is 0 Å². The van der Waals surface area contributed by atoms with E-state index in [1.165, 1.54) is 7.11 Å². The van der Waals surface area contributed by atoms with Gasteiger partial charge in [-0.15, -0.1) is 12.4 Å². The molecule has 0 saturated carbocycles. The molecule has 0 aliphatic rings. The Labute approximate surface area is 155 Å². The molecule has 0 aliphatic heterocycles. The van der Waals surface area contributed by atoms with Gasteiger partial charge in [-0.3, -0.25) is 4.79 Å². The fourth-order valence-corrected chi connectivity index (χ4v) is 2.23. The predicted molar refractivity (Wildman–Crippen MR) is 102 cm³/mol. The molecule has 25 heavy (non-hydrogen) atoms. The number of methoxy groups -OCH3 is 1. The minimum Gasteiger partial charge on any atom is -0.383 e. The summed E-state index contributed by atoms with van der Waals surface area (Å²) in [4.78, 5) is 25.6. The van der Waals surface area contributed by atoms with E-state index in [0.29, 0.717) is 18.8 Å². The number of urea groups is 1. The highest BCUT2D eigenvalue weighted by atomic mass is 35.5. The summed E-state index contributed by atoms with van der Waals surface area (Å²) in [5.74, 6) is -0.261. The molecule has 1 aromatic rings. The smallest absolute Gasteiger partial charge is 0.321 e. The molecule has 0 aliphatic carbocycles. The summed E-state index contributed by atoms with van der Waals surface area (Å²) in [5, 5.41) is 5.69. The first-order valence-electron chi connectivity index (χ1n) is 8.13. The molecule has 0 bridgehead atoms. The minimum absolute atomic E-state index is 0. The van der Waals surface area contributed by atoms with E-state index in [1.807, 2.05) is 45.0 Å². The third kappa shape index (κ3) is 7.29. The van der Waals surface area contributed by atoms with Gasteiger partial charge in [0.15, 0.2) is 0 Å². The van der Waals surface area contributed by atoms with E-state index >= 15 is 0 Å². The second kappa shape index (κ2) is 11.7. The van der Waals surface area contributed by atoms with Gasteiger partial charge < -0.3 is 26.0 Å². The minimum atomic E-state index is -0.690. The van der Waals surface area contributed by atoms with Crippen molar-refractivity contribution in [1.82, 2.24) is 10.2 Å². The Hall–Kier alpha value is -1.83. The van der Waals surface area contributed by atoms with Crippen LogP contribution in [0.5, 0.6) is 0 Å². The van der Waals surface area contributed by atoms with Crippen molar-refractivity contribution < 1.29 is 14.3 Å². The Balaban J connectivity index is 0.00000576. The van der Waals surface area contributed by atoms with Gasteiger partial charge in [0.05, 0.1) is 12.6 Å². The predicted octanol–water partition coefficient (Wildman–Crippen LogP) is 2.13. The maximum atomic E-state index is 12.0. The Morgan fingerprint density at radius 2 is 1.76 bits per heavy atom. The molecule has 4 N–H and O–H groups in total. The van der Waals surface area contributed by atoms with Crippen LogP contribution in [0.4, 0.5) is 10.5 Å². The molecule has 1 rings (SSSR count). The standard InChI is InChI=1S/C17H28N4O3.ClH/c1-5-21(6-2)17(23)20-14-9-7-13(8-10-14)12(3)19-16(22)15(18)11-24-4;/h7-10,12,15H,5-6,11,18H2,1-4H3,(H,19,22)(H,20,23);1H. The lowest BCUT2D eigenvalue weighted by atomic mass is 10.1. The van der Waals surface area contributed by atoms with Crippen molar-refractivity contribution in [3.8, 4) is 0 Å². The van der Waals surface area contributed by atoms with Gasteiger partial charge >= 0.3 is 6.03 Å². The zero-order chi connectivity index (χ0) is 18.1. The molecule has 7 nitrogen and oxygen atoms in total. The number of hydrogen-bond acceptors (Lipinski definition) is 4. The van der Waals surface area contributed by atoms with E-state index in [0.717, 1.165) is 5.56 Å². The van der Waals surface area contributed by atoms with Crippen LogP contribution >= 0.6 is 12.4 Å². The largest absolute Gasteiger partial charge is 0.383 e. The number of anilines is 1. The highest BCUT2D eigenvalue weighted by Crippen LogP contribution is 2.16. The zero-order valence-electron chi connectivity index (χ0n) is 15.2. The van der Waals surface area contributed by atoms with Crippen LogP contribution in [0.1, 0.15) is 32.4 Å². The van der Waals surface area contributed by atoms with Crippen LogP contribution in [-0.4, -0.2) is 49.7 Å². The average Bonchev–Trinajstić information content (AvgIpc) is 2.56. The Morgan fingerprint density at radius 1 is 1.20 bits per heavy atom. The van der Waals surface area contributed by atoms with Crippen LogP contribution in [0.25, 0.3) is 0 Å². The van der Waals surface area contributed by atoms with E-state index in [4.69, 9.17) is 10.5 Å². The SMILES string of the molecule is CCN(CC)C(=O)Nc1ccc(C(C)NC(=O)C(N)COC)cc1.Cl. The number of carbonyl (C=O) groups excluding carboxylic acids is 2. The van der Waals surface area contributed by atoms with E-state index < -0.39 is 6.04 Å². The third-order valence-electron chi connectivity index (χ3n) is 3.75. The molecular formula is C17H29ClN4O3. The van der Waals surface area contributed by atoms with Crippen molar-refractivity contribution in [3.05, 3.63) is 29.8 Å². The molecule has 142 valence electrons. The number of nitrogens with zero attached hydrogens (tertiary/aromatic N) is 1. The van der Waals surface area contributed by atoms with E-state index in [2.05, 4.69) is 10.6 Å². The Morgan fingerprint density at radius 3 is 2.24 bits per heavy atom. The van der Waals surface area contributed by atoms with Gasteiger partial charge in [-0.05, 0) is 38.5 Å². The van der Waals surface area contributed by atoms with Gasteiger partial charge in [-0.1, -0.05) is 12.1 Å². The van der Waals surface area contributed by atoms with Crippen molar-refractivity contribution in [2.45, 2.75) is 32.9 Å². The maximum Gasteiger partial charge on any atom is 0.321 e. The third-order valence-corrected chi connectivity index (χ3v) is 3.75. The molecule has 0 aromatic heterocycles. The van der Waals surface area contributed by atoms with E-state index in [-0.39, 0.29) is 37.0 Å². The molecule has 8 heteroatoms.